The highest BCUT2D eigenvalue weighted by Crippen LogP contribution is 2.28. The fourth-order valence-electron chi connectivity index (χ4n) is 2.06. The molecule has 124 valence electrons. The number of thiazole rings is 1. The Kier molecular flexibility index (Phi) is 4.50. The van der Waals surface area contributed by atoms with Crippen LogP contribution in [0.1, 0.15) is 0 Å². The Bertz CT molecular complexity index is 953. The lowest BCUT2D eigenvalue weighted by Crippen LogP contribution is -2.09. The number of nitrogens with one attached hydrogen (secondary N) is 2. The summed E-state index contributed by atoms with van der Waals surface area (Å²) in [6.45, 7) is 0. The predicted octanol–water partition coefficient (Wildman–Crippen LogP) is 4.06. The second kappa shape index (κ2) is 6.58. The Balaban J connectivity index is 1.77. The first-order valence-electron chi connectivity index (χ1n) is 6.96. The summed E-state index contributed by atoms with van der Waals surface area (Å²) in [4.78, 5) is 4.42. The molecule has 0 atom stereocenters. The Hall–Kier alpha value is -2.45. The van der Waals surface area contributed by atoms with E-state index in [1.807, 2.05) is 5.38 Å². The minimum absolute atomic E-state index is 0.342. The Labute approximate surface area is 143 Å². The summed E-state index contributed by atoms with van der Waals surface area (Å²) >= 11 is 1.36. The maximum absolute atomic E-state index is 13.6. The number of hydrogen-bond donors (Lipinski definition) is 2. The van der Waals surface area contributed by atoms with E-state index < -0.39 is 10.0 Å². The monoisotopic (exact) mass is 363 g/mol. The molecule has 0 spiro atoms. The third-order valence-corrected chi connectivity index (χ3v) is 4.47. The van der Waals surface area contributed by atoms with E-state index in [-0.39, 0.29) is 5.82 Å². The molecule has 1 heterocycles. The van der Waals surface area contributed by atoms with Crippen LogP contribution in [-0.2, 0) is 10.0 Å². The number of halogens is 1. The maximum Gasteiger partial charge on any atom is 0.229 e. The van der Waals surface area contributed by atoms with E-state index in [2.05, 4.69) is 15.0 Å². The summed E-state index contributed by atoms with van der Waals surface area (Å²) in [7, 11) is -3.30. The van der Waals surface area contributed by atoms with Crippen molar-refractivity contribution in [3.63, 3.8) is 0 Å². The van der Waals surface area contributed by atoms with Crippen LogP contribution in [0, 0.1) is 5.82 Å². The highest BCUT2D eigenvalue weighted by atomic mass is 32.2. The quantitative estimate of drug-likeness (QED) is 0.717. The zero-order valence-electron chi connectivity index (χ0n) is 12.7. The van der Waals surface area contributed by atoms with Crippen LogP contribution >= 0.6 is 11.3 Å². The van der Waals surface area contributed by atoms with Crippen molar-refractivity contribution in [3.8, 4) is 11.3 Å². The van der Waals surface area contributed by atoms with Crippen LogP contribution in [0.3, 0.4) is 0 Å². The molecule has 5 nitrogen and oxygen atoms in total. The van der Waals surface area contributed by atoms with E-state index in [1.54, 1.807) is 42.5 Å². The second-order valence-electron chi connectivity index (χ2n) is 5.09. The highest BCUT2D eigenvalue weighted by Gasteiger charge is 2.08. The van der Waals surface area contributed by atoms with E-state index in [0.29, 0.717) is 16.5 Å². The van der Waals surface area contributed by atoms with E-state index in [0.717, 1.165) is 17.5 Å². The summed E-state index contributed by atoms with van der Waals surface area (Å²) < 4.78 is 38.4. The average Bonchev–Trinajstić information content (AvgIpc) is 2.97. The number of sulfonamides is 1. The average molecular weight is 363 g/mol. The zero-order chi connectivity index (χ0) is 17.2. The molecule has 2 aromatic carbocycles. The minimum Gasteiger partial charge on any atom is -0.329 e. The van der Waals surface area contributed by atoms with Crippen molar-refractivity contribution in [2.45, 2.75) is 0 Å². The van der Waals surface area contributed by atoms with Crippen molar-refractivity contribution >= 4 is 37.9 Å². The van der Waals surface area contributed by atoms with E-state index in [9.17, 15) is 12.8 Å². The Morgan fingerprint density at radius 2 is 1.79 bits per heavy atom. The number of aromatic nitrogens is 1. The molecule has 0 saturated heterocycles. The van der Waals surface area contributed by atoms with Crippen LogP contribution in [0.25, 0.3) is 11.3 Å². The molecule has 0 aliphatic rings. The molecule has 0 aliphatic carbocycles. The SMILES string of the molecule is CS(=O)(=O)Nc1ccc(-c2csc(Nc3ccccc3F)n2)cc1. The molecule has 0 amide bonds. The first-order chi connectivity index (χ1) is 11.4. The number of nitrogens with zero attached hydrogens (tertiary/aromatic N) is 1. The lowest BCUT2D eigenvalue weighted by atomic mass is 10.1. The van der Waals surface area contributed by atoms with E-state index in [1.165, 1.54) is 17.4 Å². The van der Waals surface area contributed by atoms with E-state index in [4.69, 9.17) is 0 Å². The molecule has 0 unspecified atom stereocenters. The molecule has 0 bridgehead atoms. The minimum atomic E-state index is -3.30. The zero-order valence-corrected chi connectivity index (χ0v) is 14.3. The van der Waals surface area contributed by atoms with Gasteiger partial charge in [-0.3, -0.25) is 4.72 Å². The summed E-state index contributed by atoms with van der Waals surface area (Å²) in [6, 6.07) is 13.3. The summed E-state index contributed by atoms with van der Waals surface area (Å²) in [5.41, 5.74) is 2.42. The van der Waals surface area contributed by atoms with Gasteiger partial charge in [-0.05, 0) is 24.3 Å². The first kappa shape index (κ1) is 16.4. The molecule has 3 rings (SSSR count). The molecule has 24 heavy (non-hydrogen) atoms. The van der Waals surface area contributed by atoms with Gasteiger partial charge in [-0.2, -0.15) is 0 Å². The normalized spacial score (nSPS) is 11.2. The van der Waals surface area contributed by atoms with Gasteiger partial charge in [0.05, 0.1) is 17.6 Å². The van der Waals surface area contributed by atoms with Crippen LogP contribution in [0.4, 0.5) is 20.9 Å². The van der Waals surface area contributed by atoms with Crippen molar-refractivity contribution in [2.24, 2.45) is 0 Å². The molecule has 0 aliphatic heterocycles. The lowest BCUT2D eigenvalue weighted by Gasteiger charge is -2.04. The van der Waals surface area contributed by atoms with Crippen LogP contribution in [-0.4, -0.2) is 19.7 Å². The van der Waals surface area contributed by atoms with Gasteiger partial charge < -0.3 is 5.32 Å². The third kappa shape index (κ3) is 4.09. The molecular formula is C16H14FN3O2S2. The molecule has 0 saturated carbocycles. The van der Waals surface area contributed by atoms with Gasteiger partial charge in [0.1, 0.15) is 5.82 Å². The molecule has 0 radical (unpaired) electrons. The largest absolute Gasteiger partial charge is 0.329 e. The summed E-state index contributed by atoms with van der Waals surface area (Å²) in [6.07, 6.45) is 1.10. The fraction of sp³-hybridized carbons (Fsp3) is 0.0625. The van der Waals surface area contributed by atoms with Gasteiger partial charge in [-0.25, -0.2) is 17.8 Å². The van der Waals surface area contributed by atoms with Crippen LogP contribution < -0.4 is 10.0 Å². The second-order valence-corrected chi connectivity index (χ2v) is 7.70. The number of hydrogen-bond acceptors (Lipinski definition) is 5. The van der Waals surface area contributed by atoms with Gasteiger partial charge in [0.15, 0.2) is 5.13 Å². The molecule has 8 heteroatoms. The predicted molar refractivity (Wildman–Crippen MR) is 95.7 cm³/mol. The van der Waals surface area contributed by atoms with Gasteiger partial charge in [-0.15, -0.1) is 11.3 Å². The van der Waals surface area contributed by atoms with Gasteiger partial charge in [0.2, 0.25) is 10.0 Å². The summed E-state index contributed by atoms with van der Waals surface area (Å²) in [5, 5.41) is 5.37. The standard InChI is InChI=1S/C16H14FN3O2S2/c1-24(21,22)20-12-8-6-11(7-9-12)15-10-23-16(19-15)18-14-5-3-2-4-13(14)17/h2-10,20H,1H3,(H,18,19). The molecule has 1 aromatic heterocycles. The Morgan fingerprint density at radius 3 is 2.46 bits per heavy atom. The molecule has 0 fully saturated rings. The van der Waals surface area contributed by atoms with Crippen LogP contribution in [0.2, 0.25) is 0 Å². The van der Waals surface area contributed by atoms with Gasteiger partial charge in [0.25, 0.3) is 0 Å². The molecule has 3 aromatic rings. The van der Waals surface area contributed by atoms with Crippen molar-refractivity contribution in [3.05, 3.63) is 59.7 Å². The number of anilines is 3. The summed E-state index contributed by atoms with van der Waals surface area (Å²) in [5.74, 6) is -0.342. The lowest BCUT2D eigenvalue weighted by molar-refractivity contribution is 0.607. The maximum atomic E-state index is 13.6. The van der Waals surface area contributed by atoms with Gasteiger partial charge >= 0.3 is 0 Å². The van der Waals surface area contributed by atoms with Gasteiger partial charge in [0, 0.05) is 16.6 Å². The smallest absolute Gasteiger partial charge is 0.229 e. The number of para-hydroxylation sites is 1. The van der Waals surface area contributed by atoms with Crippen LogP contribution in [0.15, 0.2) is 53.9 Å². The van der Waals surface area contributed by atoms with Crippen molar-refractivity contribution in [2.75, 3.05) is 16.3 Å². The van der Waals surface area contributed by atoms with Crippen LogP contribution in [0.5, 0.6) is 0 Å². The van der Waals surface area contributed by atoms with E-state index >= 15 is 0 Å². The van der Waals surface area contributed by atoms with Gasteiger partial charge in [-0.1, -0.05) is 24.3 Å². The topological polar surface area (TPSA) is 71.1 Å². The fourth-order valence-corrected chi connectivity index (χ4v) is 3.36. The highest BCUT2D eigenvalue weighted by molar-refractivity contribution is 7.92. The van der Waals surface area contributed by atoms with Crippen molar-refractivity contribution in [1.29, 1.82) is 0 Å². The van der Waals surface area contributed by atoms with Crippen molar-refractivity contribution < 1.29 is 12.8 Å². The molecule has 2 N–H and O–H groups in total. The number of benzene rings is 2. The number of rotatable bonds is 5. The third-order valence-electron chi connectivity index (χ3n) is 3.10. The van der Waals surface area contributed by atoms with Crippen molar-refractivity contribution in [1.82, 2.24) is 4.98 Å². The molecular weight excluding hydrogens is 349 g/mol. The Morgan fingerprint density at radius 1 is 1.08 bits per heavy atom. The first-order valence-corrected chi connectivity index (χ1v) is 9.73.